The molecule has 0 spiro atoms. The summed E-state index contributed by atoms with van der Waals surface area (Å²) in [7, 11) is 0. The summed E-state index contributed by atoms with van der Waals surface area (Å²) in [4.78, 5) is 0. The summed E-state index contributed by atoms with van der Waals surface area (Å²) in [5.74, 6) is -0.169. The van der Waals surface area contributed by atoms with E-state index in [4.69, 9.17) is 5.11 Å². The van der Waals surface area contributed by atoms with Crippen LogP contribution >= 0.6 is 0 Å². The van der Waals surface area contributed by atoms with Gasteiger partial charge in [-0.05, 0) is 55.3 Å². The van der Waals surface area contributed by atoms with Crippen LogP contribution in [-0.2, 0) is 12.6 Å². The first-order chi connectivity index (χ1) is 12.4. The summed E-state index contributed by atoms with van der Waals surface area (Å²) < 4.78 is 35.5. The van der Waals surface area contributed by atoms with Crippen LogP contribution in [0.4, 0.5) is 13.2 Å². The van der Waals surface area contributed by atoms with Gasteiger partial charge in [0.1, 0.15) is 5.75 Å². The maximum atomic E-state index is 11.8. The zero-order valence-electron chi connectivity index (χ0n) is 15.2. The van der Waals surface area contributed by atoms with Gasteiger partial charge in [0.25, 0.3) is 0 Å². The summed E-state index contributed by atoms with van der Waals surface area (Å²) in [5.41, 5.74) is 2.19. The Labute approximate surface area is 153 Å². The second-order valence-electron chi connectivity index (χ2n) is 5.57. The Bertz CT molecular complexity index is 649. The van der Waals surface area contributed by atoms with Crippen molar-refractivity contribution in [1.82, 2.24) is 5.32 Å². The average Bonchev–Trinajstić information content (AvgIpc) is 2.65. The van der Waals surface area contributed by atoms with Gasteiger partial charge in [-0.15, -0.1) is 0 Å². The van der Waals surface area contributed by atoms with Gasteiger partial charge in [0.05, 0.1) is 5.56 Å². The zero-order valence-corrected chi connectivity index (χ0v) is 15.2. The van der Waals surface area contributed by atoms with Gasteiger partial charge in [-0.1, -0.05) is 49.8 Å². The molecular weight excluding hydrogens is 339 g/mol. The highest BCUT2D eigenvalue weighted by molar-refractivity contribution is 5.27. The van der Waals surface area contributed by atoms with E-state index in [-0.39, 0.29) is 5.75 Å². The summed E-state index contributed by atoms with van der Waals surface area (Å²) >= 11 is 0. The lowest BCUT2D eigenvalue weighted by atomic mass is 10.0. The molecule has 0 atom stereocenters. The fourth-order valence-corrected chi connectivity index (χ4v) is 2.35. The smallest absolute Gasteiger partial charge is 0.416 e. The topological polar surface area (TPSA) is 32.3 Å². The SMILES string of the molecule is C1=C(Cc2ccccc2)CCCN1.CC.Oc1ccc(C(F)(F)F)cc1. The highest BCUT2D eigenvalue weighted by Gasteiger charge is 2.29. The fourth-order valence-electron chi connectivity index (χ4n) is 2.35. The number of halogens is 3. The quantitative estimate of drug-likeness (QED) is 0.691. The predicted molar refractivity (Wildman–Crippen MR) is 99.9 cm³/mol. The first-order valence-electron chi connectivity index (χ1n) is 8.76. The predicted octanol–water partition coefficient (Wildman–Crippen LogP) is 5.93. The molecule has 2 aromatic rings. The molecule has 0 aliphatic carbocycles. The van der Waals surface area contributed by atoms with Crippen LogP contribution in [0.25, 0.3) is 0 Å². The molecule has 1 aliphatic rings. The van der Waals surface area contributed by atoms with E-state index in [1.807, 2.05) is 13.8 Å². The van der Waals surface area contributed by atoms with Crippen molar-refractivity contribution >= 4 is 0 Å². The molecule has 1 aliphatic heterocycles. The van der Waals surface area contributed by atoms with E-state index in [0.29, 0.717) is 0 Å². The number of allylic oxidation sites excluding steroid dienone is 1. The largest absolute Gasteiger partial charge is 0.508 e. The lowest BCUT2D eigenvalue weighted by molar-refractivity contribution is -0.137. The van der Waals surface area contributed by atoms with Gasteiger partial charge < -0.3 is 10.4 Å². The van der Waals surface area contributed by atoms with E-state index in [9.17, 15) is 13.2 Å². The number of rotatable bonds is 2. The standard InChI is InChI=1S/C12H15N.C7H5F3O.C2H6/c1-2-5-11(6-3-1)9-12-7-4-8-13-10-12;8-7(9,10)5-1-3-6(11)4-2-5;1-2/h1-3,5-6,10,13H,4,7-9H2;1-4,11H;1-2H3. The summed E-state index contributed by atoms with van der Waals surface area (Å²) in [6.45, 7) is 5.14. The fraction of sp³-hybridized carbons (Fsp3) is 0.333. The minimum Gasteiger partial charge on any atom is -0.508 e. The Balaban J connectivity index is 0.000000241. The van der Waals surface area contributed by atoms with Crippen LogP contribution in [0.3, 0.4) is 0 Å². The van der Waals surface area contributed by atoms with Crippen molar-refractivity contribution in [2.75, 3.05) is 6.54 Å². The number of benzene rings is 2. The van der Waals surface area contributed by atoms with E-state index < -0.39 is 11.7 Å². The molecule has 0 fully saturated rings. The number of hydrogen-bond acceptors (Lipinski definition) is 2. The van der Waals surface area contributed by atoms with Crippen LogP contribution in [0.1, 0.15) is 37.8 Å². The number of nitrogens with one attached hydrogen (secondary N) is 1. The number of phenols is 1. The monoisotopic (exact) mass is 365 g/mol. The van der Waals surface area contributed by atoms with Crippen LogP contribution in [0.15, 0.2) is 66.4 Å². The minimum absolute atomic E-state index is 0.169. The molecule has 2 N–H and O–H groups in total. The van der Waals surface area contributed by atoms with Crippen molar-refractivity contribution in [2.24, 2.45) is 0 Å². The highest BCUT2D eigenvalue weighted by Crippen LogP contribution is 2.29. The molecule has 5 heteroatoms. The van der Waals surface area contributed by atoms with E-state index in [0.717, 1.165) is 37.2 Å². The van der Waals surface area contributed by atoms with E-state index in [1.54, 1.807) is 0 Å². The molecule has 3 rings (SSSR count). The van der Waals surface area contributed by atoms with Crippen LogP contribution < -0.4 is 5.32 Å². The van der Waals surface area contributed by atoms with Gasteiger partial charge in [0, 0.05) is 6.54 Å². The number of phenolic OH excluding ortho intramolecular Hbond substituents is 1. The van der Waals surface area contributed by atoms with Crippen LogP contribution in [0, 0.1) is 0 Å². The van der Waals surface area contributed by atoms with Gasteiger partial charge in [-0.25, -0.2) is 0 Å². The first-order valence-corrected chi connectivity index (χ1v) is 8.76. The van der Waals surface area contributed by atoms with Crippen molar-refractivity contribution in [1.29, 1.82) is 0 Å². The Morgan fingerprint density at radius 3 is 2.08 bits per heavy atom. The Kier molecular flexibility index (Phi) is 9.34. The summed E-state index contributed by atoms with van der Waals surface area (Å²) in [6.07, 6.45) is 1.48. The van der Waals surface area contributed by atoms with Gasteiger partial charge in [0.15, 0.2) is 0 Å². The Morgan fingerprint density at radius 2 is 1.58 bits per heavy atom. The van der Waals surface area contributed by atoms with Crippen LogP contribution in [-0.4, -0.2) is 11.7 Å². The molecule has 0 saturated carbocycles. The van der Waals surface area contributed by atoms with Crippen molar-refractivity contribution in [2.45, 2.75) is 39.3 Å². The van der Waals surface area contributed by atoms with Crippen molar-refractivity contribution in [3.63, 3.8) is 0 Å². The maximum Gasteiger partial charge on any atom is 0.416 e. The molecule has 0 radical (unpaired) electrons. The molecular formula is C21H26F3NO. The van der Waals surface area contributed by atoms with E-state index in [2.05, 4.69) is 41.8 Å². The number of alkyl halides is 3. The van der Waals surface area contributed by atoms with Gasteiger partial charge in [-0.3, -0.25) is 0 Å². The molecule has 0 unspecified atom stereocenters. The van der Waals surface area contributed by atoms with E-state index in [1.165, 1.54) is 24.0 Å². The summed E-state index contributed by atoms with van der Waals surface area (Å²) in [5, 5.41) is 11.9. The highest BCUT2D eigenvalue weighted by atomic mass is 19.4. The molecule has 0 amide bonds. The molecule has 26 heavy (non-hydrogen) atoms. The maximum absolute atomic E-state index is 11.8. The van der Waals surface area contributed by atoms with Crippen molar-refractivity contribution in [3.05, 3.63) is 77.5 Å². The molecule has 1 heterocycles. The third-order valence-corrected chi connectivity index (χ3v) is 3.59. The van der Waals surface area contributed by atoms with Crippen molar-refractivity contribution in [3.8, 4) is 5.75 Å². The molecule has 2 nitrogen and oxygen atoms in total. The van der Waals surface area contributed by atoms with Gasteiger partial charge in [-0.2, -0.15) is 13.2 Å². The second kappa shape index (κ2) is 11.2. The molecule has 0 bridgehead atoms. The third kappa shape index (κ3) is 8.10. The normalized spacial score (nSPS) is 13.2. The average molecular weight is 365 g/mol. The zero-order chi connectivity index (χ0) is 19.4. The molecule has 2 aromatic carbocycles. The number of hydrogen-bond donors (Lipinski definition) is 2. The van der Waals surface area contributed by atoms with Crippen LogP contribution in [0.5, 0.6) is 5.75 Å². The van der Waals surface area contributed by atoms with Crippen LogP contribution in [0.2, 0.25) is 0 Å². The van der Waals surface area contributed by atoms with Gasteiger partial charge in [0.2, 0.25) is 0 Å². The van der Waals surface area contributed by atoms with Gasteiger partial charge >= 0.3 is 6.18 Å². The first kappa shape index (κ1) is 21.6. The Hall–Kier alpha value is -2.43. The second-order valence-corrected chi connectivity index (χ2v) is 5.57. The lowest BCUT2D eigenvalue weighted by Crippen LogP contribution is -2.14. The lowest BCUT2D eigenvalue weighted by Gasteiger charge is -2.13. The number of aromatic hydroxyl groups is 1. The Morgan fingerprint density at radius 1 is 0.962 bits per heavy atom. The van der Waals surface area contributed by atoms with Crippen molar-refractivity contribution < 1.29 is 18.3 Å². The summed E-state index contributed by atoms with van der Waals surface area (Å²) in [6, 6.07) is 14.3. The van der Waals surface area contributed by atoms with E-state index >= 15 is 0 Å². The molecule has 0 aromatic heterocycles. The molecule has 142 valence electrons. The third-order valence-electron chi connectivity index (χ3n) is 3.59. The minimum atomic E-state index is -4.33. The molecule has 0 saturated heterocycles.